The van der Waals surface area contributed by atoms with E-state index in [0.717, 1.165) is 0 Å². The van der Waals surface area contributed by atoms with Gasteiger partial charge in [0.2, 0.25) is 0 Å². The van der Waals surface area contributed by atoms with Crippen molar-refractivity contribution in [1.82, 2.24) is 0 Å². The van der Waals surface area contributed by atoms with Crippen molar-refractivity contribution < 1.29 is 14.3 Å². The van der Waals surface area contributed by atoms with Crippen LogP contribution in [0.2, 0.25) is 0 Å². The van der Waals surface area contributed by atoms with Gasteiger partial charge in [-0.25, -0.2) is 4.39 Å². The van der Waals surface area contributed by atoms with Crippen LogP contribution in [0.15, 0.2) is 47.6 Å². The van der Waals surface area contributed by atoms with E-state index in [1.165, 1.54) is 12.1 Å². The van der Waals surface area contributed by atoms with Gasteiger partial charge in [0.1, 0.15) is 24.2 Å². The van der Waals surface area contributed by atoms with Crippen molar-refractivity contribution in [1.29, 1.82) is 5.26 Å². The molecule has 0 aliphatic carbocycles. The van der Waals surface area contributed by atoms with Gasteiger partial charge < -0.3 is 9.94 Å². The average Bonchev–Trinajstić information content (AvgIpc) is 2.51. The molecular formula is C16H13FN2O2. The molecule has 1 N–H and O–H groups in total. The van der Waals surface area contributed by atoms with Crippen LogP contribution in [0.1, 0.15) is 16.7 Å². The molecule has 106 valence electrons. The van der Waals surface area contributed by atoms with E-state index in [2.05, 4.69) is 5.16 Å². The standard InChI is InChI=1S/C16H13FN2O2/c1-11-8-13(6-7-15(11)17)21-10-12-4-2-3-5-14(12)16(9-18)19-20/h2-8,20H,10H2,1H3. The molecule has 2 rings (SSSR count). The number of halogens is 1. The summed E-state index contributed by atoms with van der Waals surface area (Å²) in [5.74, 6) is 0.241. The Labute approximate surface area is 121 Å². The molecule has 0 radical (unpaired) electrons. The Hall–Kier alpha value is -2.87. The largest absolute Gasteiger partial charge is 0.489 e. The van der Waals surface area contributed by atoms with Crippen LogP contribution in [0.4, 0.5) is 4.39 Å². The molecule has 0 aliphatic rings. The number of hydrogen-bond donors (Lipinski definition) is 1. The summed E-state index contributed by atoms with van der Waals surface area (Å²) in [6.45, 7) is 1.84. The van der Waals surface area contributed by atoms with Crippen LogP contribution in [0.3, 0.4) is 0 Å². The number of nitrogens with zero attached hydrogens (tertiary/aromatic N) is 2. The summed E-state index contributed by atoms with van der Waals surface area (Å²) < 4.78 is 18.8. The smallest absolute Gasteiger partial charge is 0.187 e. The molecule has 4 nitrogen and oxygen atoms in total. The first kappa shape index (κ1) is 14.5. The highest BCUT2D eigenvalue weighted by atomic mass is 19.1. The molecule has 21 heavy (non-hydrogen) atoms. The molecule has 0 heterocycles. The van der Waals surface area contributed by atoms with E-state index in [1.807, 2.05) is 6.07 Å². The molecule has 0 unspecified atom stereocenters. The first-order valence-corrected chi connectivity index (χ1v) is 6.25. The number of oxime groups is 1. The van der Waals surface area contributed by atoms with Crippen molar-refractivity contribution in [3.05, 3.63) is 65.0 Å². The second-order valence-corrected chi connectivity index (χ2v) is 4.42. The fourth-order valence-electron chi connectivity index (χ4n) is 1.88. The van der Waals surface area contributed by atoms with E-state index >= 15 is 0 Å². The van der Waals surface area contributed by atoms with Gasteiger partial charge in [-0.1, -0.05) is 29.4 Å². The summed E-state index contributed by atoms with van der Waals surface area (Å²) in [5, 5.41) is 20.7. The van der Waals surface area contributed by atoms with Crippen molar-refractivity contribution >= 4 is 5.71 Å². The van der Waals surface area contributed by atoms with Crippen molar-refractivity contribution in [2.24, 2.45) is 5.16 Å². The maximum Gasteiger partial charge on any atom is 0.187 e. The number of hydrogen-bond acceptors (Lipinski definition) is 4. The van der Waals surface area contributed by atoms with E-state index < -0.39 is 0 Å². The van der Waals surface area contributed by atoms with Crippen LogP contribution in [0.25, 0.3) is 0 Å². The third-order valence-electron chi connectivity index (χ3n) is 3.00. The van der Waals surface area contributed by atoms with Crippen LogP contribution in [0.5, 0.6) is 5.75 Å². The fourth-order valence-corrected chi connectivity index (χ4v) is 1.88. The molecule has 2 aromatic rings. The number of aryl methyl sites for hydroxylation is 1. The zero-order valence-electron chi connectivity index (χ0n) is 11.4. The molecule has 0 fully saturated rings. The molecule has 0 bridgehead atoms. The molecule has 0 spiro atoms. The lowest BCUT2D eigenvalue weighted by Gasteiger charge is -2.10. The molecule has 0 aliphatic heterocycles. The normalized spacial score (nSPS) is 11.0. The molecule has 0 atom stereocenters. The Morgan fingerprint density at radius 2 is 2.10 bits per heavy atom. The summed E-state index contributed by atoms with van der Waals surface area (Å²) in [6.07, 6.45) is 0. The number of ether oxygens (including phenoxy) is 1. The maximum absolute atomic E-state index is 13.2. The van der Waals surface area contributed by atoms with Gasteiger partial charge in [0.05, 0.1) is 0 Å². The minimum absolute atomic E-state index is 0.0792. The van der Waals surface area contributed by atoms with Gasteiger partial charge in [0, 0.05) is 5.56 Å². The number of nitriles is 1. The predicted molar refractivity (Wildman–Crippen MR) is 75.8 cm³/mol. The monoisotopic (exact) mass is 284 g/mol. The van der Waals surface area contributed by atoms with Crippen LogP contribution in [-0.4, -0.2) is 10.9 Å². The van der Waals surface area contributed by atoms with E-state index in [1.54, 1.807) is 37.3 Å². The topological polar surface area (TPSA) is 65.6 Å². The van der Waals surface area contributed by atoms with Gasteiger partial charge in [-0.15, -0.1) is 0 Å². The van der Waals surface area contributed by atoms with E-state index in [4.69, 9.17) is 15.2 Å². The summed E-state index contributed by atoms with van der Waals surface area (Å²) in [6, 6.07) is 13.3. The summed E-state index contributed by atoms with van der Waals surface area (Å²) in [5.41, 5.74) is 1.62. The van der Waals surface area contributed by atoms with Gasteiger partial charge >= 0.3 is 0 Å². The summed E-state index contributed by atoms with van der Waals surface area (Å²) in [7, 11) is 0. The molecule has 5 heteroatoms. The van der Waals surface area contributed by atoms with E-state index in [9.17, 15) is 4.39 Å². The molecule has 0 saturated carbocycles. The van der Waals surface area contributed by atoms with Crippen LogP contribution < -0.4 is 4.74 Å². The zero-order valence-corrected chi connectivity index (χ0v) is 11.4. The van der Waals surface area contributed by atoms with Crippen LogP contribution in [0, 0.1) is 24.1 Å². The van der Waals surface area contributed by atoms with Gasteiger partial charge in [0.25, 0.3) is 0 Å². The van der Waals surface area contributed by atoms with Crippen LogP contribution in [-0.2, 0) is 6.61 Å². The third kappa shape index (κ3) is 3.37. The highest BCUT2D eigenvalue weighted by Crippen LogP contribution is 2.19. The lowest BCUT2D eigenvalue weighted by molar-refractivity contribution is 0.304. The summed E-state index contributed by atoms with van der Waals surface area (Å²) in [4.78, 5) is 0. The lowest BCUT2D eigenvalue weighted by atomic mass is 10.0. The molecule has 0 amide bonds. The number of rotatable bonds is 4. The fraction of sp³-hybridized carbons (Fsp3) is 0.125. The first-order valence-electron chi connectivity index (χ1n) is 6.25. The van der Waals surface area contributed by atoms with Crippen molar-refractivity contribution in [3.63, 3.8) is 0 Å². The lowest BCUT2D eigenvalue weighted by Crippen LogP contribution is -2.06. The molecule has 0 saturated heterocycles. The minimum Gasteiger partial charge on any atom is -0.489 e. The van der Waals surface area contributed by atoms with E-state index in [0.29, 0.717) is 22.4 Å². The van der Waals surface area contributed by atoms with Gasteiger partial charge in [-0.2, -0.15) is 5.26 Å². The van der Waals surface area contributed by atoms with Crippen molar-refractivity contribution in [3.8, 4) is 11.8 Å². The quantitative estimate of drug-likeness (QED) is 0.531. The molecule has 2 aromatic carbocycles. The highest BCUT2D eigenvalue weighted by molar-refractivity contribution is 6.12. The zero-order chi connectivity index (χ0) is 15.2. The summed E-state index contributed by atoms with van der Waals surface area (Å²) >= 11 is 0. The van der Waals surface area contributed by atoms with Gasteiger partial charge in [-0.3, -0.25) is 0 Å². The molecular weight excluding hydrogens is 271 g/mol. The maximum atomic E-state index is 13.2. The molecule has 0 aromatic heterocycles. The Morgan fingerprint density at radius 1 is 1.33 bits per heavy atom. The second-order valence-electron chi connectivity index (χ2n) is 4.42. The Bertz CT molecular complexity index is 720. The SMILES string of the molecule is Cc1cc(OCc2ccccc2C(C#N)=NO)ccc1F. The van der Waals surface area contributed by atoms with Gasteiger partial charge in [0.15, 0.2) is 5.71 Å². The van der Waals surface area contributed by atoms with Gasteiger partial charge in [-0.05, 0) is 36.2 Å². The van der Waals surface area contributed by atoms with Crippen LogP contribution >= 0.6 is 0 Å². The van der Waals surface area contributed by atoms with Crippen molar-refractivity contribution in [2.75, 3.05) is 0 Å². The minimum atomic E-state index is -0.290. The van der Waals surface area contributed by atoms with E-state index in [-0.39, 0.29) is 18.1 Å². The Kier molecular flexibility index (Phi) is 4.52. The second kappa shape index (κ2) is 6.53. The predicted octanol–water partition coefficient (Wildman–Crippen LogP) is 3.42. The van der Waals surface area contributed by atoms with Crippen molar-refractivity contribution in [2.45, 2.75) is 13.5 Å². The average molecular weight is 284 g/mol. The third-order valence-corrected chi connectivity index (χ3v) is 3.00. The first-order chi connectivity index (χ1) is 10.2. The number of benzene rings is 2. The highest BCUT2D eigenvalue weighted by Gasteiger charge is 2.10. The Morgan fingerprint density at radius 3 is 2.76 bits per heavy atom. The Balaban J connectivity index is 2.21.